The third-order valence-electron chi connectivity index (χ3n) is 4.21. The summed E-state index contributed by atoms with van der Waals surface area (Å²) in [6.45, 7) is 4.51. The van der Waals surface area contributed by atoms with Crippen molar-refractivity contribution < 1.29 is 9.21 Å². The van der Waals surface area contributed by atoms with Crippen molar-refractivity contribution in [2.75, 3.05) is 12.8 Å². The minimum absolute atomic E-state index is 0.0550. The zero-order valence-corrected chi connectivity index (χ0v) is 16.0. The van der Waals surface area contributed by atoms with Crippen LogP contribution in [0.4, 0.5) is 0 Å². The molecular formula is C21H22N2O2S. The lowest BCUT2D eigenvalue weighted by Crippen LogP contribution is -2.26. The van der Waals surface area contributed by atoms with Crippen LogP contribution in [0.2, 0.25) is 0 Å². The summed E-state index contributed by atoms with van der Waals surface area (Å²) in [6.07, 6.45) is 4.28. The van der Waals surface area contributed by atoms with Gasteiger partial charge in [0.2, 0.25) is 5.89 Å². The molecule has 3 aromatic rings. The summed E-state index contributed by atoms with van der Waals surface area (Å²) in [4.78, 5) is 18.0. The van der Waals surface area contributed by atoms with Gasteiger partial charge in [-0.15, -0.1) is 11.8 Å². The van der Waals surface area contributed by atoms with Gasteiger partial charge in [0.15, 0.2) is 0 Å². The summed E-state index contributed by atoms with van der Waals surface area (Å²) in [7, 11) is 0. The first-order valence-electron chi connectivity index (χ1n) is 8.51. The number of thioether (sulfide) groups is 1. The van der Waals surface area contributed by atoms with Gasteiger partial charge in [0.05, 0.1) is 5.69 Å². The van der Waals surface area contributed by atoms with E-state index in [9.17, 15) is 4.79 Å². The van der Waals surface area contributed by atoms with E-state index in [0.29, 0.717) is 18.9 Å². The van der Waals surface area contributed by atoms with Crippen molar-refractivity contribution in [1.29, 1.82) is 0 Å². The fourth-order valence-electron chi connectivity index (χ4n) is 2.62. The Labute approximate surface area is 158 Å². The van der Waals surface area contributed by atoms with Gasteiger partial charge in [-0.05, 0) is 49.9 Å². The van der Waals surface area contributed by atoms with Gasteiger partial charge in [-0.1, -0.05) is 23.8 Å². The van der Waals surface area contributed by atoms with E-state index < -0.39 is 0 Å². The predicted molar refractivity (Wildman–Crippen MR) is 106 cm³/mol. The highest BCUT2D eigenvalue weighted by molar-refractivity contribution is 7.98. The fraction of sp³-hybridized carbons (Fsp3) is 0.238. The Bertz CT molecular complexity index is 901. The van der Waals surface area contributed by atoms with Crippen LogP contribution in [-0.2, 0) is 6.42 Å². The number of carbonyl (C=O) groups is 1. The Morgan fingerprint density at radius 2 is 1.92 bits per heavy atom. The van der Waals surface area contributed by atoms with E-state index in [0.717, 1.165) is 27.3 Å². The second-order valence-corrected chi connectivity index (χ2v) is 7.08. The van der Waals surface area contributed by atoms with Crippen LogP contribution in [0.25, 0.3) is 11.5 Å². The molecule has 0 unspecified atom stereocenters. The van der Waals surface area contributed by atoms with Gasteiger partial charge in [0.25, 0.3) is 5.91 Å². The van der Waals surface area contributed by atoms with Crippen molar-refractivity contribution >= 4 is 17.7 Å². The molecule has 26 heavy (non-hydrogen) atoms. The summed E-state index contributed by atoms with van der Waals surface area (Å²) in [5.74, 6) is 0.551. The zero-order valence-electron chi connectivity index (χ0n) is 15.2. The van der Waals surface area contributed by atoms with Crippen LogP contribution in [0.5, 0.6) is 0 Å². The molecule has 1 aromatic heterocycles. The maximum atomic E-state index is 12.4. The molecule has 0 aliphatic rings. The van der Waals surface area contributed by atoms with Gasteiger partial charge < -0.3 is 9.73 Å². The third kappa shape index (κ3) is 4.35. The molecule has 5 heteroatoms. The fourth-order valence-corrected chi connectivity index (χ4v) is 3.06. The SMILES string of the molecule is CSc1ccc(C)c(C(=O)NCCc2coc(-c3ccc(C)cc3)n2)c1. The maximum absolute atomic E-state index is 12.4. The molecule has 0 aliphatic heterocycles. The molecule has 1 heterocycles. The molecule has 0 bridgehead atoms. The topological polar surface area (TPSA) is 55.1 Å². The number of amides is 1. The molecule has 2 aromatic carbocycles. The minimum atomic E-state index is -0.0550. The number of aryl methyl sites for hydroxylation is 2. The van der Waals surface area contributed by atoms with Crippen LogP contribution in [0.3, 0.4) is 0 Å². The van der Waals surface area contributed by atoms with Crippen molar-refractivity contribution in [1.82, 2.24) is 10.3 Å². The van der Waals surface area contributed by atoms with E-state index in [1.54, 1.807) is 18.0 Å². The lowest BCUT2D eigenvalue weighted by molar-refractivity contribution is 0.0953. The molecule has 3 rings (SSSR count). The molecule has 0 aliphatic carbocycles. The number of aromatic nitrogens is 1. The number of nitrogens with one attached hydrogen (secondary N) is 1. The molecule has 4 nitrogen and oxygen atoms in total. The molecule has 0 spiro atoms. The Morgan fingerprint density at radius 1 is 1.15 bits per heavy atom. The smallest absolute Gasteiger partial charge is 0.251 e. The molecule has 0 saturated carbocycles. The highest BCUT2D eigenvalue weighted by atomic mass is 32.2. The molecular weight excluding hydrogens is 344 g/mol. The van der Waals surface area contributed by atoms with Crippen LogP contribution >= 0.6 is 11.8 Å². The minimum Gasteiger partial charge on any atom is -0.444 e. The van der Waals surface area contributed by atoms with Gasteiger partial charge in [0, 0.05) is 29.0 Å². The lowest BCUT2D eigenvalue weighted by Gasteiger charge is -2.08. The average Bonchev–Trinajstić information content (AvgIpc) is 3.11. The average molecular weight is 366 g/mol. The standard InChI is InChI=1S/C21H22N2O2S/c1-14-4-7-16(8-5-14)21-23-17(13-25-21)10-11-22-20(24)19-12-18(26-3)9-6-15(19)2/h4-9,12-13H,10-11H2,1-3H3,(H,22,24). The monoisotopic (exact) mass is 366 g/mol. The quantitative estimate of drug-likeness (QED) is 0.645. The summed E-state index contributed by atoms with van der Waals surface area (Å²) in [5.41, 5.74) is 4.68. The molecule has 0 atom stereocenters. The highest BCUT2D eigenvalue weighted by Gasteiger charge is 2.11. The van der Waals surface area contributed by atoms with Gasteiger partial charge in [-0.3, -0.25) is 4.79 Å². The maximum Gasteiger partial charge on any atom is 0.251 e. The number of benzene rings is 2. The first-order valence-corrected chi connectivity index (χ1v) is 9.73. The molecule has 1 N–H and O–H groups in total. The van der Waals surface area contributed by atoms with Crippen LogP contribution in [-0.4, -0.2) is 23.7 Å². The number of nitrogens with zero attached hydrogens (tertiary/aromatic N) is 1. The van der Waals surface area contributed by atoms with Crippen molar-refractivity contribution in [2.45, 2.75) is 25.2 Å². The lowest BCUT2D eigenvalue weighted by atomic mass is 10.1. The van der Waals surface area contributed by atoms with Crippen LogP contribution in [0.1, 0.15) is 27.2 Å². The Morgan fingerprint density at radius 3 is 2.65 bits per heavy atom. The summed E-state index contributed by atoms with van der Waals surface area (Å²) in [6, 6.07) is 14.0. The second kappa shape index (κ2) is 8.23. The Hall–Kier alpha value is -2.53. The zero-order chi connectivity index (χ0) is 18.5. The molecule has 0 radical (unpaired) electrons. The number of carbonyl (C=O) groups excluding carboxylic acids is 1. The first-order chi connectivity index (χ1) is 12.6. The predicted octanol–water partition coefficient (Wildman–Crippen LogP) is 4.65. The van der Waals surface area contributed by atoms with E-state index in [1.165, 1.54) is 5.56 Å². The second-order valence-electron chi connectivity index (χ2n) is 6.20. The van der Waals surface area contributed by atoms with Crippen LogP contribution in [0, 0.1) is 13.8 Å². The molecule has 134 valence electrons. The molecule has 1 amide bonds. The summed E-state index contributed by atoms with van der Waals surface area (Å²) < 4.78 is 5.56. The Balaban J connectivity index is 1.58. The number of hydrogen-bond donors (Lipinski definition) is 1. The molecule has 0 saturated heterocycles. The van der Waals surface area contributed by atoms with Gasteiger partial charge in [0.1, 0.15) is 6.26 Å². The molecule has 0 fully saturated rings. The van der Waals surface area contributed by atoms with Gasteiger partial charge in [-0.25, -0.2) is 4.98 Å². The first kappa shape index (κ1) is 18.3. The number of hydrogen-bond acceptors (Lipinski definition) is 4. The van der Waals surface area contributed by atoms with Crippen LogP contribution in [0.15, 0.2) is 58.0 Å². The number of oxazole rings is 1. The largest absolute Gasteiger partial charge is 0.444 e. The normalized spacial score (nSPS) is 10.7. The van der Waals surface area contributed by atoms with E-state index in [1.807, 2.05) is 62.6 Å². The van der Waals surface area contributed by atoms with E-state index >= 15 is 0 Å². The van der Waals surface area contributed by atoms with E-state index in [-0.39, 0.29) is 5.91 Å². The summed E-state index contributed by atoms with van der Waals surface area (Å²) >= 11 is 1.63. The Kier molecular flexibility index (Phi) is 5.78. The van der Waals surface area contributed by atoms with Crippen molar-refractivity contribution in [3.63, 3.8) is 0 Å². The van der Waals surface area contributed by atoms with Crippen LogP contribution < -0.4 is 5.32 Å². The van der Waals surface area contributed by atoms with Crippen molar-refractivity contribution in [2.24, 2.45) is 0 Å². The van der Waals surface area contributed by atoms with Crippen molar-refractivity contribution in [3.05, 3.63) is 71.1 Å². The third-order valence-corrected chi connectivity index (χ3v) is 4.93. The van der Waals surface area contributed by atoms with Crippen molar-refractivity contribution in [3.8, 4) is 11.5 Å². The summed E-state index contributed by atoms with van der Waals surface area (Å²) in [5, 5.41) is 2.97. The number of rotatable bonds is 6. The van der Waals surface area contributed by atoms with E-state index in [4.69, 9.17) is 4.42 Å². The van der Waals surface area contributed by atoms with Gasteiger partial charge >= 0.3 is 0 Å². The van der Waals surface area contributed by atoms with Gasteiger partial charge in [-0.2, -0.15) is 0 Å². The highest BCUT2D eigenvalue weighted by Crippen LogP contribution is 2.20. The van der Waals surface area contributed by atoms with E-state index in [2.05, 4.69) is 10.3 Å².